The number of nitrogens with zero attached hydrogens (tertiary/aromatic N) is 4. The number of fused-ring (bicyclic) bond motifs is 1. The SMILES string of the molecule is C=CCn1c(Cc2ccc(Cl)cc2)nnc1SCc1csc(-c2ccc3c(c2)OCO3)n1. The lowest BCUT2D eigenvalue weighted by molar-refractivity contribution is 0.174. The fourth-order valence-corrected chi connectivity index (χ4v) is 5.24. The largest absolute Gasteiger partial charge is 0.454 e. The predicted octanol–water partition coefficient (Wildman–Crippen LogP) is 5.85. The average Bonchev–Trinajstić information content (AvgIpc) is 3.54. The van der Waals surface area contributed by atoms with Gasteiger partial charge in [0.1, 0.15) is 10.8 Å². The molecule has 1 aliphatic rings. The molecule has 3 heterocycles. The van der Waals surface area contributed by atoms with Crippen molar-refractivity contribution in [3.63, 3.8) is 0 Å². The van der Waals surface area contributed by atoms with Gasteiger partial charge >= 0.3 is 0 Å². The lowest BCUT2D eigenvalue weighted by Crippen LogP contribution is -2.04. The molecule has 0 unspecified atom stereocenters. The Bertz CT molecular complexity index is 1250. The molecule has 0 saturated carbocycles. The number of ether oxygens (including phenoxy) is 2. The molecule has 1 aliphatic heterocycles. The standard InChI is InChI=1S/C23H19ClN4O2S2/c1-2-9-28-21(10-15-3-6-17(24)7-4-15)26-27-23(28)32-13-18-12-31-22(25-18)16-5-8-19-20(11-16)30-14-29-19/h2-8,11-12H,1,9-10,13-14H2. The second-order valence-electron chi connectivity index (χ2n) is 7.10. The van der Waals surface area contributed by atoms with Crippen LogP contribution in [0.4, 0.5) is 0 Å². The fourth-order valence-electron chi connectivity index (χ4n) is 3.33. The summed E-state index contributed by atoms with van der Waals surface area (Å²) in [5, 5.41) is 13.4. The summed E-state index contributed by atoms with van der Waals surface area (Å²) in [6, 6.07) is 13.7. The Morgan fingerprint density at radius 2 is 1.97 bits per heavy atom. The Hall–Kier alpha value is -2.81. The third kappa shape index (κ3) is 4.53. The molecule has 0 fully saturated rings. The molecule has 4 aromatic rings. The second-order valence-corrected chi connectivity index (χ2v) is 9.34. The Morgan fingerprint density at radius 1 is 1.12 bits per heavy atom. The third-order valence-corrected chi connectivity index (χ3v) is 7.09. The van der Waals surface area contributed by atoms with Gasteiger partial charge in [0.05, 0.1) is 5.69 Å². The van der Waals surface area contributed by atoms with Crippen LogP contribution in [0.25, 0.3) is 10.6 Å². The molecule has 162 valence electrons. The van der Waals surface area contributed by atoms with Crippen LogP contribution in [0, 0.1) is 0 Å². The maximum absolute atomic E-state index is 6.00. The minimum absolute atomic E-state index is 0.268. The summed E-state index contributed by atoms with van der Waals surface area (Å²) < 4.78 is 13.0. The van der Waals surface area contributed by atoms with E-state index in [1.54, 1.807) is 23.1 Å². The topological polar surface area (TPSA) is 62.1 Å². The van der Waals surface area contributed by atoms with Crippen molar-refractivity contribution in [2.24, 2.45) is 0 Å². The lowest BCUT2D eigenvalue weighted by atomic mass is 10.1. The fraction of sp³-hybridized carbons (Fsp3) is 0.174. The molecule has 0 aliphatic carbocycles. The van der Waals surface area contributed by atoms with Crippen LogP contribution in [0.1, 0.15) is 17.1 Å². The highest BCUT2D eigenvalue weighted by molar-refractivity contribution is 7.98. The number of hydrogen-bond donors (Lipinski definition) is 0. The van der Waals surface area contributed by atoms with Crippen molar-refractivity contribution in [2.45, 2.75) is 23.9 Å². The van der Waals surface area contributed by atoms with E-state index in [-0.39, 0.29) is 6.79 Å². The zero-order valence-corrected chi connectivity index (χ0v) is 19.4. The minimum atomic E-state index is 0.268. The van der Waals surface area contributed by atoms with E-state index < -0.39 is 0 Å². The van der Waals surface area contributed by atoms with E-state index in [4.69, 9.17) is 26.1 Å². The first-order valence-electron chi connectivity index (χ1n) is 9.94. The highest BCUT2D eigenvalue weighted by atomic mass is 35.5. The van der Waals surface area contributed by atoms with Crippen LogP contribution in [-0.4, -0.2) is 26.5 Å². The zero-order valence-electron chi connectivity index (χ0n) is 17.0. The van der Waals surface area contributed by atoms with Gasteiger partial charge in [0, 0.05) is 34.7 Å². The third-order valence-electron chi connectivity index (χ3n) is 4.90. The first-order valence-corrected chi connectivity index (χ1v) is 12.2. The highest BCUT2D eigenvalue weighted by Gasteiger charge is 2.16. The van der Waals surface area contributed by atoms with Crippen LogP contribution in [0.5, 0.6) is 11.5 Å². The van der Waals surface area contributed by atoms with Gasteiger partial charge in [-0.15, -0.1) is 28.1 Å². The molecule has 9 heteroatoms. The number of rotatable bonds is 8. The molecule has 0 saturated heterocycles. The molecule has 5 rings (SSSR count). The average molecular weight is 483 g/mol. The van der Waals surface area contributed by atoms with Crippen molar-refractivity contribution in [3.05, 3.63) is 82.6 Å². The zero-order chi connectivity index (χ0) is 21.9. The van der Waals surface area contributed by atoms with Gasteiger partial charge < -0.3 is 14.0 Å². The molecule has 0 radical (unpaired) electrons. The minimum Gasteiger partial charge on any atom is -0.454 e. The number of halogens is 1. The van der Waals surface area contributed by atoms with Gasteiger partial charge in [-0.3, -0.25) is 0 Å². The Balaban J connectivity index is 1.29. The number of thiazole rings is 1. The van der Waals surface area contributed by atoms with Crippen molar-refractivity contribution in [1.29, 1.82) is 0 Å². The molecular weight excluding hydrogens is 464 g/mol. The van der Waals surface area contributed by atoms with Gasteiger partial charge in [-0.05, 0) is 35.9 Å². The van der Waals surface area contributed by atoms with E-state index >= 15 is 0 Å². The number of aromatic nitrogens is 4. The van der Waals surface area contributed by atoms with Crippen LogP contribution < -0.4 is 9.47 Å². The van der Waals surface area contributed by atoms with E-state index in [0.717, 1.165) is 49.3 Å². The summed E-state index contributed by atoms with van der Waals surface area (Å²) in [5.41, 5.74) is 3.16. The Kier molecular flexibility index (Phi) is 6.16. The number of hydrogen-bond acceptors (Lipinski definition) is 7. The summed E-state index contributed by atoms with van der Waals surface area (Å²) in [7, 11) is 0. The summed E-state index contributed by atoms with van der Waals surface area (Å²) in [5.74, 6) is 3.14. The summed E-state index contributed by atoms with van der Waals surface area (Å²) in [6.07, 6.45) is 2.54. The van der Waals surface area contributed by atoms with E-state index in [1.807, 2.05) is 48.5 Å². The smallest absolute Gasteiger partial charge is 0.231 e. The Labute approximate surface area is 198 Å². The molecule has 0 spiro atoms. The molecule has 6 nitrogen and oxygen atoms in total. The van der Waals surface area contributed by atoms with Crippen LogP contribution >= 0.6 is 34.7 Å². The predicted molar refractivity (Wildman–Crippen MR) is 128 cm³/mol. The molecule has 2 aromatic heterocycles. The van der Waals surface area contributed by atoms with Crippen molar-refractivity contribution in [3.8, 4) is 22.1 Å². The van der Waals surface area contributed by atoms with Crippen molar-refractivity contribution >= 4 is 34.7 Å². The van der Waals surface area contributed by atoms with E-state index in [0.29, 0.717) is 18.7 Å². The van der Waals surface area contributed by atoms with Crippen LogP contribution in [0.2, 0.25) is 5.02 Å². The lowest BCUT2D eigenvalue weighted by Gasteiger charge is -2.07. The van der Waals surface area contributed by atoms with E-state index in [9.17, 15) is 0 Å². The molecule has 0 atom stereocenters. The Morgan fingerprint density at radius 3 is 2.81 bits per heavy atom. The molecule has 0 amide bonds. The van der Waals surface area contributed by atoms with Gasteiger partial charge in [-0.1, -0.05) is 41.6 Å². The second kappa shape index (κ2) is 9.36. The van der Waals surface area contributed by atoms with Gasteiger partial charge in [-0.2, -0.15) is 0 Å². The maximum Gasteiger partial charge on any atom is 0.231 e. The molecule has 32 heavy (non-hydrogen) atoms. The van der Waals surface area contributed by atoms with E-state index in [2.05, 4.69) is 26.7 Å². The highest BCUT2D eigenvalue weighted by Crippen LogP contribution is 2.37. The molecule has 0 N–H and O–H groups in total. The van der Waals surface area contributed by atoms with Gasteiger partial charge in [-0.25, -0.2) is 4.98 Å². The van der Waals surface area contributed by atoms with Crippen LogP contribution in [-0.2, 0) is 18.7 Å². The van der Waals surface area contributed by atoms with Gasteiger partial charge in [0.25, 0.3) is 0 Å². The van der Waals surface area contributed by atoms with Gasteiger partial charge in [0.2, 0.25) is 6.79 Å². The monoisotopic (exact) mass is 482 g/mol. The summed E-state index contributed by atoms with van der Waals surface area (Å²) >= 11 is 9.24. The van der Waals surface area contributed by atoms with Crippen molar-refractivity contribution < 1.29 is 9.47 Å². The maximum atomic E-state index is 6.00. The first kappa shape index (κ1) is 21.1. The number of thioether (sulfide) groups is 1. The van der Waals surface area contributed by atoms with Crippen molar-refractivity contribution in [2.75, 3.05) is 6.79 Å². The van der Waals surface area contributed by atoms with Crippen LogP contribution in [0.3, 0.4) is 0 Å². The summed E-state index contributed by atoms with van der Waals surface area (Å²) in [6.45, 7) is 4.80. The first-order chi connectivity index (χ1) is 15.7. The number of benzene rings is 2. The number of allylic oxidation sites excluding steroid dienone is 1. The van der Waals surface area contributed by atoms with E-state index in [1.165, 1.54) is 0 Å². The molecule has 0 bridgehead atoms. The van der Waals surface area contributed by atoms with Crippen LogP contribution in [0.15, 0.2) is 65.7 Å². The summed E-state index contributed by atoms with van der Waals surface area (Å²) in [4.78, 5) is 4.79. The van der Waals surface area contributed by atoms with Crippen molar-refractivity contribution in [1.82, 2.24) is 19.7 Å². The molecular formula is C23H19ClN4O2S2. The quantitative estimate of drug-likeness (QED) is 0.232. The normalized spacial score (nSPS) is 12.3. The molecule has 2 aromatic carbocycles. The van der Waals surface area contributed by atoms with Gasteiger partial charge in [0.15, 0.2) is 16.7 Å².